The van der Waals surface area contributed by atoms with Crippen LogP contribution in [-0.4, -0.2) is 56.2 Å². The highest BCUT2D eigenvalue weighted by Crippen LogP contribution is 2.28. The first kappa shape index (κ1) is 23.4. The van der Waals surface area contributed by atoms with Gasteiger partial charge >= 0.3 is 0 Å². The Labute approximate surface area is 187 Å². The van der Waals surface area contributed by atoms with E-state index in [-0.39, 0.29) is 5.91 Å². The van der Waals surface area contributed by atoms with Crippen molar-refractivity contribution in [3.05, 3.63) is 24.3 Å². The van der Waals surface area contributed by atoms with Crippen LogP contribution < -0.4 is 15.0 Å². The van der Waals surface area contributed by atoms with Gasteiger partial charge in [-0.25, -0.2) is 0 Å². The van der Waals surface area contributed by atoms with Crippen LogP contribution in [0.2, 0.25) is 0 Å². The Hall–Kier alpha value is -2.26. The highest BCUT2D eigenvalue weighted by Gasteiger charge is 2.24. The molecule has 0 unspecified atom stereocenters. The Morgan fingerprint density at radius 3 is 2.68 bits per heavy atom. The Balaban J connectivity index is 1.30. The molecular formula is C25H38N4O2. The van der Waals surface area contributed by atoms with Gasteiger partial charge in [-0.05, 0) is 70.0 Å². The topological polar surface area (TPSA) is 68.6 Å². The second-order valence-electron chi connectivity index (χ2n) is 8.84. The molecule has 1 heterocycles. The number of piperazine rings is 1. The fourth-order valence-electron chi connectivity index (χ4n) is 4.75. The summed E-state index contributed by atoms with van der Waals surface area (Å²) >= 11 is 0. The summed E-state index contributed by atoms with van der Waals surface area (Å²) in [4.78, 5) is 17.0. The number of nitrogens with one attached hydrogen (secondary N) is 1. The third-order valence-electron chi connectivity index (χ3n) is 6.62. The number of carbonyl (C=O) groups excluding carboxylic acids is 1. The Morgan fingerprint density at radius 1 is 1.19 bits per heavy atom. The van der Waals surface area contributed by atoms with Crippen LogP contribution in [-0.2, 0) is 4.79 Å². The average molecular weight is 427 g/mol. The lowest BCUT2D eigenvalue weighted by molar-refractivity contribution is -0.122. The van der Waals surface area contributed by atoms with Crippen molar-refractivity contribution < 1.29 is 9.53 Å². The summed E-state index contributed by atoms with van der Waals surface area (Å²) in [6, 6.07) is 10.9. The molecule has 1 aliphatic carbocycles. The first-order chi connectivity index (χ1) is 15.2. The molecule has 1 aromatic carbocycles. The van der Waals surface area contributed by atoms with E-state index in [9.17, 15) is 4.79 Å². The lowest BCUT2D eigenvalue weighted by Gasteiger charge is -2.37. The van der Waals surface area contributed by atoms with E-state index in [2.05, 4.69) is 39.4 Å². The normalized spacial score (nSPS) is 22.0. The molecule has 6 nitrogen and oxygen atoms in total. The minimum absolute atomic E-state index is 0.114. The molecule has 170 valence electrons. The summed E-state index contributed by atoms with van der Waals surface area (Å²) in [5.74, 6) is 1.85. The predicted octanol–water partition coefficient (Wildman–Crippen LogP) is 3.97. The van der Waals surface area contributed by atoms with Crippen molar-refractivity contribution in [3.63, 3.8) is 0 Å². The molecular weight excluding hydrogens is 388 g/mol. The maximum Gasteiger partial charge on any atom is 0.220 e. The first-order valence-corrected chi connectivity index (χ1v) is 12.0. The maximum atomic E-state index is 11.9. The number of nitrogens with zero attached hydrogens (tertiary/aromatic N) is 3. The number of nitriles is 1. The quantitative estimate of drug-likeness (QED) is 0.574. The summed E-state index contributed by atoms with van der Waals surface area (Å²) in [5, 5.41) is 11.7. The van der Waals surface area contributed by atoms with Crippen LogP contribution in [0.1, 0.15) is 58.3 Å². The Kier molecular flexibility index (Phi) is 9.48. The minimum atomic E-state index is 0.114. The second-order valence-corrected chi connectivity index (χ2v) is 8.84. The number of carbonyl (C=O) groups is 1. The summed E-state index contributed by atoms with van der Waals surface area (Å²) in [6.45, 7) is 8.28. The van der Waals surface area contributed by atoms with Gasteiger partial charge in [0.2, 0.25) is 5.91 Å². The third kappa shape index (κ3) is 7.74. The first-order valence-electron chi connectivity index (χ1n) is 12.0. The van der Waals surface area contributed by atoms with E-state index in [0.717, 1.165) is 50.7 Å². The highest BCUT2D eigenvalue weighted by atomic mass is 16.5. The van der Waals surface area contributed by atoms with Crippen molar-refractivity contribution >= 4 is 11.6 Å². The van der Waals surface area contributed by atoms with Gasteiger partial charge in [0.15, 0.2) is 0 Å². The monoisotopic (exact) mass is 426 g/mol. The number of benzene rings is 1. The van der Waals surface area contributed by atoms with Gasteiger partial charge in [-0.1, -0.05) is 6.07 Å². The molecule has 6 heteroatoms. The SMILES string of the molecule is CCOc1cccc(N2CCN(CC[C@H]3CC[C@H](NC(=O)CCCC#N)CC3)CC2)c1. The Bertz CT molecular complexity index is 716. The van der Waals surface area contributed by atoms with Gasteiger partial charge < -0.3 is 15.0 Å². The van der Waals surface area contributed by atoms with E-state index in [4.69, 9.17) is 10.00 Å². The molecule has 1 N–H and O–H groups in total. The molecule has 0 spiro atoms. The average Bonchev–Trinajstić information content (AvgIpc) is 2.80. The largest absolute Gasteiger partial charge is 0.494 e. The Morgan fingerprint density at radius 2 is 1.97 bits per heavy atom. The minimum Gasteiger partial charge on any atom is -0.494 e. The lowest BCUT2D eigenvalue weighted by atomic mass is 9.84. The van der Waals surface area contributed by atoms with Crippen LogP contribution in [0.25, 0.3) is 0 Å². The zero-order chi connectivity index (χ0) is 21.9. The highest BCUT2D eigenvalue weighted by molar-refractivity contribution is 5.76. The molecule has 1 aromatic rings. The van der Waals surface area contributed by atoms with Gasteiger partial charge in [-0.2, -0.15) is 5.26 Å². The number of amides is 1. The standard InChI is InChI=1S/C25H38N4O2/c1-2-31-24-7-5-6-23(20-24)29-18-16-28(17-19-29)15-13-21-9-11-22(12-10-21)27-25(30)8-3-4-14-26/h5-7,20-22H,2-4,8-13,15-19H2,1H3,(H,27,30)/t21-,22-. The van der Waals surface area contributed by atoms with E-state index < -0.39 is 0 Å². The number of anilines is 1. The summed E-state index contributed by atoms with van der Waals surface area (Å²) < 4.78 is 5.64. The molecule has 1 aliphatic heterocycles. The molecule has 0 bridgehead atoms. The molecule has 2 aliphatic rings. The number of rotatable bonds is 10. The number of ether oxygens (including phenoxy) is 1. The fraction of sp³-hybridized carbons (Fsp3) is 0.680. The van der Waals surface area contributed by atoms with Crippen molar-refractivity contribution in [2.75, 3.05) is 44.2 Å². The van der Waals surface area contributed by atoms with Crippen molar-refractivity contribution in [2.45, 2.75) is 64.3 Å². The third-order valence-corrected chi connectivity index (χ3v) is 6.62. The van der Waals surface area contributed by atoms with Gasteiger partial charge in [0.25, 0.3) is 0 Å². The molecule has 31 heavy (non-hydrogen) atoms. The molecule has 2 fully saturated rings. The van der Waals surface area contributed by atoms with Crippen molar-refractivity contribution in [3.8, 4) is 11.8 Å². The van der Waals surface area contributed by atoms with Crippen LogP contribution in [0.3, 0.4) is 0 Å². The van der Waals surface area contributed by atoms with Gasteiger partial charge in [-0.15, -0.1) is 0 Å². The van der Waals surface area contributed by atoms with Crippen LogP contribution in [0.5, 0.6) is 5.75 Å². The van der Waals surface area contributed by atoms with E-state index in [1.165, 1.54) is 31.5 Å². The maximum absolute atomic E-state index is 11.9. The zero-order valence-electron chi connectivity index (χ0n) is 19.0. The second kappa shape index (κ2) is 12.6. The summed E-state index contributed by atoms with van der Waals surface area (Å²) in [5.41, 5.74) is 1.26. The van der Waals surface area contributed by atoms with E-state index in [0.29, 0.717) is 31.9 Å². The lowest BCUT2D eigenvalue weighted by Crippen LogP contribution is -2.47. The van der Waals surface area contributed by atoms with Crippen LogP contribution >= 0.6 is 0 Å². The molecule has 0 radical (unpaired) electrons. The summed E-state index contributed by atoms with van der Waals surface area (Å²) in [6.07, 6.45) is 7.51. The molecule has 3 rings (SSSR count). The molecule has 1 amide bonds. The number of unbranched alkanes of at least 4 members (excludes halogenated alkanes) is 1. The van der Waals surface area contributed by atoms with Crippen molar-refractivity contribution in [1.29, 1.82) is 5.26 Å². The van der Waals surface area contributed by atoms with E-state index in [1.54, 1.807) is 0 Å². The van der Waals surface area contributed by atoms with Gasteiger partial charge in [-0.3, -0.25) is 9.69 Å². The van der Waals surface area contributed by atoms with Crippen molar-refractivity contribution in [1.82, 2.24) is 10.2 Å². The summed E-state index contributed by atoms with van der Waals surface area (Å²) in [7, 11) is 0. The molecule has 0 atom stereocenters. The van der Waals surface area contributed by atoms with E-state index in [1.807, 2.05) is 13.0 Å². The molecule has 1 saturated heterocycles. The van der Waals surface area contributed by atoms with Gasteiger partial charge in [0.05, 0.1) is 12.7 Å². The predicted molar refractivity (Wildman–Crippen MR) is 124 cm³/mol. The molecule has 1 saturated carbocycles. The van der Waals surface area contributed by atoms with Crippen LogP contribution in [0, 0.1) is 17.2 Å². The molecule has 0 aromatic heterocycles. The smallest absolute Gasteiger partial charge is 0.220 e. The van der Waals surface area contributed by atoms with Gasteiger partial charge in [0, 0.05) is 56.8 Å². The van der Waals surface area contributed by atoms with Gasteiger partial charge in [0.1, 0.15) is 5.75 Å². The van der Waals surface area contributed by atoms with Crippen LogP contribution in [0.4, 0.5) is 5.69 Å². The zero-order valence-corrected chi connectivity index (χ0v) is 19.0. The number of hydrogen-bond donors (Lipinski definition) is 1. The van der Waals surface area contributed by atoms with Crippen LogP contribution in [0.15, 0.2) is 24.3 Å². The fourth-order valence-corrected chi connectivity index (χ4v) is 4.75. The van der Waals surface area contributed by atoms with E-state index >= 15 is 0 Å². The number of hydrogen-bond acceptors (Lipinski definition) is 5. The van der Waals surface area contributed by atoms with Crippen molar-refractivity contribution in [2.24, 2.45) is 5.92 Å².